The van der Waals surface area contributed by atoms with Crippen molar-refractivity contribution in [1.29, 1.82) is 5.26 Å². The minimum Gasteiger partial charge on any atom is -0.610 e. The molecule has 3 fully saturated rings. The van der Waals surface area contributed by atoms with Crippen LogP contribution in [0, 0.1) is 23.1 Å². The third-order valence-corrected chi connectivity index (χ3v) is 10.1. The highest BCUT2D eigenvalue weighted by molar-refractivity contribution is 9.10. The Kier molecular flexibility index (Phi) is 6.94. The number of halogens is 2. The van der Waals surface area contributed by atoms with Crippen LogP contribution in [0.3, 0.4) is 0 Å². The Morgan fingerprint density at radius 2 is 2.07 bits per heavy atom. The second kappa shape index (κ2) is 10.3. The van der Waals surface area contributed by atoms with Gasteiger partial charge in [-0.3, -0.25) is 9.48 Å². The monoisotopic (exact) mass is 655 g/mol. The first-order valence-corrected chi connectivity index (χ1v) is 15.6. The van der Waals surface area contributed by atoms with Crippen molar-refractivity contribution >= 4 is 60.9 Å². The highest BCUT2D eigenvalue weighted by atomic mass is 79.9. The molecule has 1 saturated carbocycles. The van der Waals surface area contributed by atoms with Crippen molar-refractivity contribution < 1.29 is 23.6 Å². The summed E-state index contributed by atoms with van der Waals surface area (Å²) >= 11 is 1.72. The molecular formula is C28H27BrFN7O4S. The fourth-order valence-electron chi connectivity index (χ4n) is 6.47. The van der Waals surface area contributed by atoms with Crippen LogP contribution in [0.5, 0.6) is 0 Å². The maximum Gasteiger partial charge on any atom is 0.407 e. The summed E-state index contributed by atoms with van der Waals surface area (Å²) in [7, 11) is 4.96. The predicted octanol–water partition coefficient (Wildman–Crippen LogP) is 4.31. The van der Waals surface area contributed by atoms with Crippen molar-refractivity contribution in [3.05, 3.63) is 39.9 Å². The molecule has 2 amide bonds. The normalized spacial score (nSPS) is 20.1. The second-order valence-electron chi connectivity index (χ2n) is 11.0. The number of nitrogens with zero attached hydrogens (tertiary/aromatic N) is 7. The van der Waals surface area contributed by atoms with E-state index in [0.29, 0.717) is 58.2 Å². The number of aromatic nitrogens is 4. The van der Waals surface area contributed by atoms with Gasteiger partial charge in [0.25, 0.3) is 10.9 Å². The van der Waals surface area contributed by atoms with E-state index in [1.54, 1.807) is 39.5 Å². The van der Waals surface area contributed by atoms with E-state index in [-0.39, 0.29) is 45.3 Å². The maximum atomic E-state index is 16.0. The third kappa shape index (κ3) is 4.09. The lowest BCUT2D eigenvalue weighted by atomic mass is 9.79. The van der Waals surface area contributed by atoms with Gasteiger partial charge in [0.15, 0.2) is 5.82 Å². The SMILES string of the molecule is CN(C)C(=O)c1c(-c2cc3c([S+](C)[O-])nc4c(F)c(Br)c(CCC#N)cc4c3n2[C@H]2[C@@H]3C[C@H]2N(C(=O)O)C3)cnn1C. The van der Waals surface area contributed by atoms with Crippen molar-refractivity contribution in [2.45, 2.75) is 36.4 Å². The summed E-state index contributed by atoms with van der Waals surface area (Å²) in [6.07, 6.45) is 3.20. The van der Waals surface area contributed by atoms with Crippen LogP contribution < -0.4 is 0 Å². The number of carboxylic acid groups (broad SMARTS) is 1. The van der Waals surface area contributed by atoms with Gasteiger partial charge in [-0.1, -0.05) is 0 Å². The number of aryl methyl sites for hydroxylation is 2. The molecule has 1 aliphatic carbocycles. The number of fused-ring (bicyclic) bond motifs is 4. The molecule has 4 atom stereocenters. The van der Waals surface area contributed by atoms with E-state index in [1.807, 2.05) is 4.57 Å². The van der Waals surface area contributed by atoms with E-state index in [9.17, 15) is 24.5 Å². The predicted molar refractivity (Wildman–Crippen MR) is 157 cm³/mol. The summed E-state index contributed by atoms with van der Waals surface area (Å²) < 4.78 is 32.7. The molecule has 1 unspecified atom stereocenters. The molecule has 2 saturated heterocycles. The second-order valence-corrected chi connectivity index (χ2v) is 13.1. The molecule has 0 radical (unpaired) electrons. The minimum atomic E-state index is -1.62. The molecule has 11 nitrogen and oxygen atoms in total. The van der Waals surface area contributed by atoms with Gasteiger partial charge in [-0.15, -0.1) is 0 Å². The molecule has 1 aromatic carbocycles. The van der Waals surface area contributed by atoms with Crippen LogP contribution in [-0.2, 0) is 24.6 Å². The smallest absolute Gasteiger partial charge is 0.407 e. The number of hydrogen-bond acceptors (Lipinski definition) is 6. The average molecular weight is 657 g/mol. The Morgan fingerprint density at radius 3 is 2.69 bits per heavy atom. The van der Waals surface area contributed by atoms with Gasteiger partial charge in [-0.2, -0.15) is 15.3 Å². The van der Waals surface area contributed by atoms with Crippen LogP contribution >= 0.6 is 15.9 Å². The van der Waals surface area contributed by atoms with Crippen LogP contribution in [0.4, 0.5) is 9.18 Å². The number of carbonyl (C=O) groups excluding carboxylic acids is 1. The number of pyridine rings is 1. The summed E-state index contributed by atoms with van der Waals surface area (Å²) in [5.74, 6) is -0.916. The third-order valence-electron chi connectivity index (χ3n) is 8.39. The zero-order valence-electron chi connectivity index (χ0n) is 23.3. The highest BCUT2D eigenvalue weighted by Crippen LogP contribution is 2.53. The van der Waals surface area contributed by atoms with Crippen molar-refractivity contribution in [3.63, 3.8) is 0 Å². The van der Waals surface area contributed by atoms with Gasteiger partial charge in [0.05, 0.1) is 45.4 Å². The lowest BCUT2D eigenvalue weighted by Crippen LogP contribution is -2.42. The topological polar surface area (TPSA) is 143 Å². The van der Waals surface area contributed by atoms with Crippen molar-refractivity contribution in [2.24, 2.45) is 13.0 Å². The van der Waals surface area contributed by atoms with Gasteiger partial charge in [-0.25, -0.2) is 9.18 Å². The number of rotatable bonds is 6. The average Bonchev–Trinajstić information content (AvgIpc) is 3.71. The first-order chi connectivity index (χ1) is 20.0. The first-order valence-electron chi connectivity index (χ1n) is 13.3. The Labute approximate surface area is 251 Å². The van der Waals surface area contributed by atoms with Crippen LogP contribution in [0.1, 0.15) is 34.9 Å². The fraction of sp³-hybridized carbons (Fsp3) is 0.393. The number of amides is 2. The van der Waals surface area contributed by atoms with Gasteiger partial charge in [0.2, 0.25) is 0 Å². The Bertz CT molecular complexity index is 1850. The Balaban J connectivity index is 1.75. The maximum absolute atomic E-state index is 16.0. The quantitative estimate of drug-likeness (QED) is 0.305. The molecule has 5 heterocycles. The molecule has 2 bridgehead atoms. The van der Waals surface area contributed by atoms with Gasteiger partial charge in [0, 0.05) is 62.2 Å². The van der Waals surface area contributed by atoms with E-state index in [4.69, 9.17) is 0 Å². The van der Waals surface area contributed by atoms with E-state index >= 15 is 4.39 Å². The standard InChI is InChI=1S/C28H27BrFN7O4S/c1-34(2)27(38)25-17(11-32-35(25)3)18-10-16-24(37(18)23-14-9-19(23)36(12-14)28(39)40)15-8-13(6-5-7-31)20(29)21(30)22(15)33-26(16)42(4)41/h8,10-11,14,19,23H,5-6,9,12H2,1-4H3,(H,39,40)/t14-,19-,23+,42?/m1/s1. The lowest BCUT2D eigenvalue weighted by molar-refractivity contribution is 0.0817. The summed E-state index contributed by atoms with van der Waals surface area (Å²) in [6, 6.07) is 5.06. The van der Waals surface area contributed by atoms with E-state index in [1.165, 1.54) is 20.7 Å². The lowest BCUT2D eigenvalue weighted by Gasteiger charge is -2.38. The number of carbonyl (C=O) groups is 2. The molecule has 3 aliphatic rings. The number of hydrogen-bond donors (Lipinski definition) is 1. The van der Waals surface area contributed by atoms with E-state index in [2.05, 4.69) is 32.1 Å². The van der Waals surface area contributed by atoms with Crippen LogP contribution in [-0.4, -0.2) is 83.7 Å². The largest absolute Gasteiger partial charge is 0.610 e. The van der Waals surface area contributed by atoms with Gasteiger partial charge >= 0.3 is 6.09 Å². The van der Waals surface area contributed by atoms with Gasteiger partial charge in [-0.05, 0) is 46.5 Å². The number of nitriles is 1. The zero-order valence-corrected chi connectivity index (χ0v) is 25.7. The molecule has 2 aliphatic heterocycles. The van der Waals surface area contributed by atoms with Crippen molar-refractivity contribution in [1.82, 2.24) is 29.1 Å². The van der Waals surface area contributed by atoms with Gasteiger partial charge < -0.3 is 24.0 Å². The summed E-state index contributed by atoms with van der Waals surface area (Å²) in [4.78, 5) is 32.8. The molecule has 3 aromatic heterocycles. The molecule has 7 rings (SSSR count). The first kappa shape index (κ1) is 28.4. The highest BCUT2D eigenvalue weighted by Gasteiger charge is 2.56. The Morgan fingerprint density at radius 1 is 1.33 bits per heavy atom. The van der Waals surface area contributed by atoms with Gasteiger partial charge in [0.1, 0.15) is 17.5 Å². The van der Waals surface area contributed by atoms with E-state index in [0.717, 1.165) is 0 Å². The summed E-state index contributed by atoms with van der Waals surface area (Å²) in [5.41, 5.74) is 2.58. The van der Waals surface area contributed by atoms with Crippen molar-refractivity contribution in [2.75, 3.05) is 26.9 Å². The molecule has 0 spiro atoms. The van der Waals surface area contributed by atoms with Crippen LogP contribution in [0.15, 0.2) is 27.8 Å². The molecule has 218 valence electrons. The van der Waals surface area contributed by atoms with E-state index < -0.39 is 23.1 Å². The number of benzene rings is 1. The van der Waals surface area contributed by atoms with Crippen LogP contribution in [0.2, 0.25) is 0 Å². The zero-order chi connectivity index (χ0) is 30.2. The molecule has 4 aromatic rings. The molecule has 14 heteroatoms. The Hall–Kier alpha value is -3.67. The summed E-state index contributed by atoms with van der Waals surface area (Å²) in [5, 5.41) is 24.6. The van der Waals surface area contributed by atoms with Crippen LogP contribution in [0.25, 0.3) is 33.1 Å². The molecular weight excluding hydrogens is 629 g/mol. The molecule has 42 heavy (non-hydrogen) atoms. The summed E-state index contributed by atoms with van der Waals surface area (Å²) in [6.45, 7) is 0.350. The molecule has 1 N–H and O–H groups in total. The minimum absolute atomic E-state index is 0.0118. The fourth-order valence-corrected chi connectivity index (χ4v) is 7.66. The van der Waals surface area contributed by atoms with Crippen molar-refractivity contribution in [3.8, 4) is 17.3 Å².